The molecule has 7 heterocycles. The van der Waals surface area contributed by atoms with Crippen molar-refractivity contribution in [2.24, 2.45) is 0 Å². The van der Waals surface area contributed by atoms with Crippen LogP contribution in [0.1, 0.15) is 38.5 Å². The number of hydrogen-bond donors (Lipinski definition) is 1. The summed E-state index contributed by atoms with van der Waals surface area (Å²) in [5, 5.41) is 8.18. The minimum absolute atomic E-state index is 0.0273. The number of aromatic nitrogens is 5. The van der Waals surface area contributed by atoms with Crippen LogP contribution in [0.3, 0.4) is 0 Å². The van der Waals surface area contributed by atoms with Crippen molar-refractivity contribution < 1.29 is 18.3 Å². The van der Waals surface area contributed by atoms with E-state index in [1.165, 1.54) is 0 Å². The molecule has 4 aliphatic heterocycles. The van der Waals surface area contributed by atoms with E-state index in [0.29, 0.717) is 47.2 Å². The standard InChI is InChI=1S/C28H27Cl2F2N7O2/c29-16-5-6-17-19(24(30)37-36-17)18(16)22-21(32)23-20-25(39-9-2-1-4-15(39)12-40-26(20)33-22)35-27(34-23)41-13-28-7-3-8-38(28)11-14(31)10-28/h5-6,14-15H,1-4,7-13H2,(H,36,37)/t14-,15+,28+/m1/s1. The van der Waals surface area contributed by atoms with Crippen molar-refractivity contribution >= 4 is 50.8 Å². The maximum absolute atomic E-state index is 16.7. The third-order valence-corrected chi connectivity index (χ3v) is 9.72. The van der Waals surface area contributed by atoms with Gasteiger partial charge in [0.25, 0.3) is 0 Å². The van der Waals surface area contributed by atoms with Gasteiger partial charge in [-0.1, -0.05) is 23.2 Å². The summed E-state index contributed by atoms with van der Waals surface area (Å²) in [5.74, 6) is 0.0892. The number of H-pyrrole nitrogens is 1. The molecule has 1 N–H and O–H groups in total. The van der Waals surface area contributed by atoms with Crippen LogP contribution >= 0.6 is 23.2 Å². The van der Waals surface area contributed by atoms with Crippen LogP contribution in [0.25, 0.3) is 33.1 Å². The first-order chi connectivity index (χ1) is 19.9. The molecule has 1 aromatic carbocycles. The number of hydrogen-bond acceptors (Lipinski definition) is 8. The molecule has 8 rings (SSSR count). The van der Waals surface area contributed by atoms with Crippen LogP contribution in [0.5, 0.6) is 11.9 Å². The van der Waals surface area contributed by atoms with Crippen LogP contribution in [0.15, 0.2) is 12.1 Å². The van der Waals surface area contributed by atoms with Crippen LogP contribution in [-0.2, 0) is 0 Å². The normalized spacial score (nSPS) is 25.8. The number of aromatic amines is 1. The summed E-state index contributed by atoms with van der Waals surface area (Å²) in [7, 11) is 0. The van der Waals surface area contributed by atoms with Gasteiger partial charge in [-0.05, 0) is 50.8 Å². The van der Waals surface area contributed by atoms with Gasteiger partial charge in [-0.25, -0.2) is 13.8 Å². The van der Waals surface area contributed by atoms with Gasteiger partial charge in [0.15, 0.2) is 11.0 Å². The Morgan fingerprint density at radius 3 is 2.93 bits per heavy atom. The first-order valence-electron chi connectivity index (χ1n) is 14.1. The van der Waals surface area contributed by atoms with Crippen LogP contribution < -0.4 is 14.4 Å². The lowest BCUT2D eigenvalue weighted by Crippen LogP contribution is -2.44. The fourth-order valence-corrected chi connectivity index (χ4v) is 7.69. The van der Waals surface area contributed by atoms with Gasteiger partial charge >= 0.3 is 6.01 Å². The maximum Gasteiger partial charge on any atom is 0.319 e. The highest BCUT2D eigenvalue weighted by Gasteiger charge is 2.49. The summed E-state index contributed by atoms with van der Waals surface area (Å²) in [6, 6.07) is 3.47. The molecule has 0 unspecified atom stereocenters. The van der Waals surface area contributed by atoms with E-state index in [9.17, 15) is 4.39 Å². The highest BCUT2D eigenvalue weighted by molar-refractivity contribution is 6.39. The molecule has 4 aliphatic rings. The molecule has 0 amide bonds. The summed E-state index contributed by atoms with van der Waals surface area (Å²) >= 11 is 13.0. The predicted molar refractivity (Wildman–Crippen MR) is 151 cm³/mol. The third-order valence-electron chi connectivity index (χ3n) is 9.13. The Morgan fingerprint density at radius 2 is 2.02 bits per heavy atom. The Labute approximate surface area is 244 Å². The lowest BCUT2D eigenvalue weighted by atomic mass is 9.95. The number of anilines is 1. The van der Waals surface area contributed by atoms with Crippen LogP contribution in [0, 0.1) is 5.82 Å². The van der Waals surface area contributed by atoms with Crippen molar-refractivity contribution in [1.82, 2.24) is 30.0 Å². The Balaban J connectivity index is 1.31. The Hall–Kier alpha value is -3.02. The second kappa shape index (κ2) is 9.50. The third kappa shape index (κ3) is 3.95. The van der Waals surface area contributed by atoms with E-state index in [2.05, 4.69) is 30.0 Å². The van der Waals surface area contributed by atoms with E-state index in [1.54, 1.807) is 12.1 Å². The summed E-state index contributed by atoms with van der Waals surface area (Å²) in [4.78, 5) is 18.4. The topological polar surface area (TPSA) is 92.3 Å². The zero-order valence-electron chi connectivity index (χ0n) is 22.1. The van der Waals surface area contributed by atoms with E-state index < -0.39 is 17.5 Å². The van der Waals surface area contributed by atoms with Crippen molar-refractivity contribution in [3.05, 3.63) is 28.1 Å². The van der Waals surface area contributed by atoms with Gasteiger partial charge in [0.05, 0.1) is 22.1 Å². The Bertz CT molecular complexity index is 1700. The summed E-state index contributed by atoms with van der Waals surface area (Å²) < 4.78 is 43.6. The molecule has 13 heteroatoms. The monoisotopic (exact) mass is 601 g/mol. The number of halogens is 4. The highest BCUT2D eigenvalue weighted by atomic mass is 35.5. The van der Waals surface area contributed by atoms with E-state index in [-0.39, 0.29) is 45.9 Å². The molecular weight excluding hydrogens is 575 g/mol. The van der Waals surface area contributed by atoms with Gasteiger partial charge in [0, 0.05) is 30.5 Å². The van der Waals surface area contributed by atoms with Crippen molar-refractivity contribution in [1.29, 1.82) is 0 Å². The van der Waals surface area contributed by atoms with Crippen molar-refractivity contribution in [3.63, 3.8) is 0 Å². The number of alkyl halides is 1. The predicted octanol–water partition coefficient (Wildman–Crippen LogP) is 5.72. The zero-order valence-corrected chi connectivity index (χ0v) is 23.6. The molecule has 4 aromatic rings. The summed E-state index contributed by atoms with van der Waals surface area (Å²) in [6.07, 6.45) is 4.31. The molecular formula is C28H27Cl2F2N7O2. The van der Waals surface area contributed by atoms with Gasteiger partial charge in [0.2, 0.25) is 5.88 Å². The lowest BCUT2D eigenvalue weighted by Gasteiger charge is -2.35. The molecule has 3 saturated heterocycles. The molecule has 214 valence electrons. The molecule has 0 spiro atoms. The smallest absolute Gasteiger partial charge is 0.319 e. The maximum atomic E-state index is 16.7. The summed E-state index contributed by atoms with van der Waals surface area (Å²) in [6.45, 7) is 2.62. The molecule has 3 atom stereocenters. The van der Waals surface area contributed by atoms with E-state index in [0.717, 1.165) is 45.2 Å². The number of pyridine rings is 1. The number of benzene rings is 1. The highest BCUT2D eigenvalue weighted by Crippen LogP contribution is 2.45. The molecule has 9 nitrogen and oxygen atoms in total. The fourth-order valence-electron chi connectivity index (χ4n) is 7.20. The second-order valence-electron chi connectivity index (χ2n) is 11.5. The fraction of sp³-hybridized carbons (Fsp3) is 0.500. The first kappa shape index (κ1) is 25.7. The van der Waals surface area contributed by atoms with Crippen molar-refractivity contribution in [3.8, 4) is 23.1 Å². The van der Waals surface area contributed by atoms with Crippen molar-refractivity contribution in [2.45, 2.75) is 56.3 Å². The molecule has 0 saturated carbocycles. The first-order valence-corrected chi connectivity index (χ1v) is 14.8. The van der Waals surface area contributed by atoms with Crippen LogP contribution in [-0.4, -0.2) is 80.6 Å². The number of nitrogens with one attached hydrogen (secondary N) is 1. The van der Waals surface area contributed by atoms with Gasteiger partial charge in [-0.3, -0.25) is 10.00 Å². The van der Waals surface area contributed by atoms with E-state index in [1.807, 2.05) is 0 Å². The second-order valence-corrected chi connectivity index (χ2v) is 12.3. The minimum atomic E-state index is -0.886. The van der Waals surface area contributed by atoms with Crippen molar-refractivity contribution in [2.75, 3.05) is 37.7 Å². The largest absolute Gasteiger partial charge is 0.475 e. The van der Waals surface area contributed by atoms with Crippen LogP contribution in [0.2, 0.25) is 10.2 Å². The Kier molecular flexibility index (Phi) is 5.95. The Morgan fingerprint density at radius 1 is 1.12 bits per heavy atom. The van der Waals surface area contributed by atoms with Gasteiger partial charge in [-0.2, -0.15) is 15.1 Å². The zero-order chi connectivity index (χ0) is 27.9. The van der Waals surface area contributed by atoms with E-state index >= 15 is 4.39 Å². The lowest BCUT2D eigenvalue weighted by molar-refractivity contribution is 0.107. The molecule has 0 aliphatic carbocycles. The molecule has 0 bridgehead atoms. The average molecular weight is 602 g/mol. The molecule has 3 aromatic heterocycles. The van der Waals surface area contributed by atoms with Crippen LogP contribution in [0.4, 0.5) is 14.6 Å². The molecule has 3 fully saturated rings. The SMILES string of the molecule is Fc1c(-c2c(Cl)ccc3[nH]nc(Cl)c23)nc2c3c(nc(OC[C@@]45CCCN4C[C@H](F)C5)nc13)N1CCCC[C@H]1CO2. The van der Waals surface area contributed by atoms with Gasteiger partial charge < -0.3 is 14.4 Å². The van der Waals surface area contributed by atoms with E-state index in [4.69, 9.17) is 37.7 Å². The number of piperidine rings is 1. The molecule has 0 radical (unpaired) electrons. The van der Waals surface area contributed by atoms with Gasteiger partial charge in [-0.15, -0.1) is 0 Å². The average Bonchev–Trinajstić information content (AvgIpc) is 3.60. The number of ether oxygens (including phenoxy) is 2. The molecule has 41 heavy (non-hydrogen) atoms. The quantitative estimate of drug-likeness (QED) is 0.317. The summed E-state index contributed by atoms with van der Waals surface area (Å²) in [5.41, 5.74) is 0.483. The van der Waals surface area contributed by atoms with Gasteiger partial charge in [0.1, 0.15) is 41.8 Å². The number of rotatable bonds is 4. The number of nitrogens with zero attached hydrogens (tertiary/aromatic N) is 6. The minimum Gasteiger partial charge on any atom is -0.475 e. The number of fused-ring (bicyclic) bond motifs is 4.